The molecule has 0 saturated heterocycles. The summed E-state index contributed by atoms with van der Waals surface area (Å²) in [6, 6.07) is 13.2. The lowest BCUT2D eigenvalue weighted by Gasteiger charge is -2.21. The van der Waals surface area contributed by atoms with Gasteiger partial charge in [-0.05, 0) is 41.6 Å². The molecule has 0 heterocycles. The van der Waals surface area contributed by atoms with Crippen LogP contribution in [0.15, 0.2) is 42.5 Å². The van der Waals surface area contributed by atoms with Gasteiger partial charge in [-0.3, -0.25) is 0 Å². The van der Waals surface area contributed by atoms with Crippen molar-refractivity contribution in [1.29, 1.82) is 0 Å². The third-order valence-corrected chi connectivity index (χ3v) is 4.32. The first kappa shape index (κ1) is 17.0. The quantitative estimate of drug-likeness (QED) is 0.837. The second-order valence-electron chi connectivity index (χ2n) is 6.72. The van der Waals surface area contributed by atoms with Crippen LogP contribution in [0.25, 0.3) is 0 Å². The zero-order valence-electron chi connectivity index (χ0n) is 13.4. The predicted octanol–water partition coefficient (Wildman–Crippen LogP) is 5.06. The van der Waals surface area contributed by atoms with Crippen molar-refractivity contribution in [3.8, 4) is 0 Å². The Balaban J connectivity index is 2.24. The SMILES string of the molecule is CC(C)(C)c1ccc(CC(CN)c2c(F)cccc2Cl)cc1. The molecule has 0 saturated carbocycles. The molecule has 3 heteroatoms. The summed E-state index contributed by atoms with van der Waals surface area (Å²) < 4.78 is 14.1. The highest BCUT2D eigenvalue weighted by atomic mass is 35.5. The maximum atomic E-state index is 14.1. The van der Waals surface area contributed by atoms with Crippen molar-refractivity contribution >= 4 is 11.6 Å². The molecule has 22 heavy (non-hydrogen) atoms. The third kappa shape index (κ3) is 3.88. The Hall–Kier alpha value is -1.38. The highest BCUT2D eigenvalue weighted by Gasteiger charge is 2.19. The van der Waals surface area contributed by atoms with E-state index in [4.69, 9.17) is 17.3 Å². The van der Waals surface area contributed by atoms with Gasteiger partial charge in [0, 0.05) is 16.5 Å². The van der Waals surface area contributed by atoms with Crippen LogP contribution in [0.1, 0.15) is 43.4 Å². The smallest absolute Gasteiger partial charge is 0.128 e. The fourth-order valence-corrected chi connectivity index (χ4v) is 2.95. The molecule has 1 nitrogen and oxygen atoms in total. The van der Waals surface area contributed by atoms with Gasteiger partial charge in [0.2, 0.25) is 0 Å². The Kier molecular flexibility index (Phi) is 5.25. The molecule has 0 aliphatic carbocycles. The van der Waals surface area contributed by atoms with Crippen LogP contribution in [0.4, 0.5) is 4.39 Å². The van der Waals surface area contributed by atoms with Gasteiger partial charge >= 0.3 is 0 Å². The van der Waals surface area contributed by atoms with Crippen molar-refractivity contribution in [2.24, 2.45) is 5.73 Å². The molecule has 2 N–H and O–H groups in total. The highest BCUT2D eigenvalue weighted by molar-refractivity contribution is 6.31. The number of hydrogen-bond donors (Lipinski definition) is 1. The minimum Gasteiger partial charge on any atom is -0.330 e. The predicted molar refractivity (Wildman–Crippen MR) is 92.1 cm³/mol. The number of rotatable bonds is 4. The highest BCUT2D eigenvalue weighted by Crippen LogP contribution is 2.30. The van der Waals surface area contributed by atoms with E-state index in [1.165, 1.54) is 11.6 Å². The lowest BCUT2D eigenvalue weighted by atomic mass is 9.85. The first-order valence-electron chi connectivity index (χ1n) is 7.56. The Morgan fingerprint density at radius 3 is 2.23 bits per heavy atom. The van der Waals surface area contributed by atoms with Crippen molar-refractivity contribution < 1.29 is 4.39 Å². The van der Waals surface area contributed by atoms with Crippen LogP contribution < -0.4 is 5.73 Å². The summed E-state index contributed by atoms with van der Waals surface area (Å²) in [4.78, 5) is 0. The second-order valence-corrected chi connectivity index (χ2v) is 7.13. The van der Waals surface area contributed by atoms with Crippen molar-refractivity contribution in [1.82, 2.24) is 0 Å². The zero-order valence-corrected chi connectivity index (χ0v) is 14.1. The molecule has 1 atom stereocenters. The Bertz CT molecular complexity index is 609. The minimum absolute atomic E-state index is 0.116. The summed E-state index contributed by atoms with van der Waals surface area (Å²) in [6.07, 6.45) is 0.682. The van der Waals surface area contributed by atoms with E-state index in [1.54, 1.807) is 12.1 Å². The molecule has 0 amide bonds. The average molecular weight is 320 g/mol. The Labute approximate surface area is 137 Å². The van der Waals surface area contributed by atoms with Gasteiger partial charge in [-0.2, -0.15) is 0 Å². The maximum Gasteiger partial charge on any atom is 0.128 e. The van der Waals surface area contributed by atoms with Gasteiger partial charge < -0.3 is 5.73 Å². The van der Waals surface area contributed by atoms with Gasteiger partial charge in [0.1, 0.15) is 5.82 Å². The van der Waals surface area contributed by atoms with E-state index in [0.717, 1.165) is 5.56 Å². The lowest BCUT2D eigenvalue weighted by Crippen LogP contribution is -2.17. The Morgan fingerprint density at radius 2 is 1.73 bits per heavy atom. The molecule has 0 spiro atoms. The van der Waals surface area contributed by atoms with E-state index < -0.39 is 0 Å². The summed E-state index contributed by atoms with van der Waals surface area (Å²) in [6.45, 7) is 6.92. The van der Waals surface area contributed by atoms with Crippen molar-refractivity contribution in [3.05, 3.63) is 70.0 Å². The number of hydrogen-bond acceptors (Lipinski definition) is 1. The van der Waals surface area contributed by atoms with Crippen LogP contribution >= 0.6 is 11.6 Å². The van der Waals surface area contributed by atoms with E-state index >= 15 is 0 Å². The summed E-state index contributed by atoms with van der Waals surface area (Å²) in [7, 11) is 0. The molecule has 118 valence electrons. The topological polar surface area (TPSA) is 26.0 Å². The van der Waals surface area contributed by atoms with Crippen LogP contribution in [0.3, 0.4) is 0 Å². The van der Waals surface area contributed by atoms with Crippen molar-refractivity contribution in [2.75, 3.05) is 6.54 Å². The molecule has 0 bridgehead atoms. The molecule has 0 aromatic heterocycles. The van der Waals surface area contributed by atoms with E-state index in [0.29, 0.717) is 23.6 Å². The van der Waals surface area contributed by atoms with Crippen LogP contribution in [0.5, 0.6) is 0 Å². The van der Waals surface area contributed by atoms with E-state index in [9.17, 15) is 4.39 Å². The van der Waals surface area contributed by atoms with Gasteiger partial charge in [-0.15, -0.1) is 0 Å². The number of nitrogens with two attached hydrogens (primary N) is 1. The number of benzene rings is 2. The average Bonchev–Trinajstić information content (AvgIpc) is 2.45. The van der Waals surface area contributed by atoms with E-state index in [-0.39, 0.29) is 17.2 Å². The standard InChI is InChI=1S/C19H23ClFN/c1-19(2,3)15-9-7-13(8-10-15)11-14(12-22)18-16(20)5-4-6-17(18)21/h4-10,14H,11-12,22H2,1-3H3. The molecule has 0 radical (unpaired) electrons. The van der Waals surface area contributed by atoms with Gasteiger partial charge in [-0.25, -0.2) is 4.39 Å². The first-order chi connectivity index (χ1) is 10.3. The van der Waals surface area contributed by atoms with Crippen LogP contribution in [0.2, 0.25) is 5.02 Å². The zero-order chi connectivity index (χ0) is 16.3. The minimum atomic E-state index is -0.283. The van der Waals surface area contributed by atoms with Crippen LogP contribution in [-0.4, -0.2) is 6.54 Å². The lowest BCUT2D eigenvalue weighted by molar-refractivity contribution is 0.575. The molecule has 0 aliphatic rings. The van der Waals surface area contributed by atoms with Gasteiger partial charge in [0.15, 0.2) is 0 Å². The normalized spacial score (nSPS) is 13.2. The molecule has 2 rings (SSSR count). The second kappa shape index (κ2) is 6.80. The maximum absolute atomic E-state index is 14.1. The summed E-state index contributed by atoms with van der Waals surface area (Å²) in [5, 5.41) is 0.446. The van der Waals surface area contributed by atoms with E-state index in [2.05, 4.69) is 45.0 Å². The van der Waals surface area contributed by atoms with Crippen molar-refractivity contribution in [2.45, 2.75) is 38.5 Å². The largest absolute Gasteiger partial charge is 0.330 e. The molecule has 0 fully saturated rings. The molecule has 2 aromatic carbocycles. The third-order valence-electron chi connectivity index (χ3n) is 3.99. The number of halogens is 2. The van der Waals surface area contributed by atoms with Crippen LogP contribution in [0, 0.1) is 5.82 Å². The molecule has 2 aromatic rings. The summed E-state index contributed by atoms with van der Waals surface area (Å²) in [5.74, 6) is -0.400. The molecular weight excluding hydrogens is 297 g/mol. The molecule has 0 aliphatic heterocycles. The van der Waals surface area contributed by atoms with Gasteiger partial charge in [0.25, 0.3) is 0 Å². The van der Waals surface area contributed by atoms with Crippen molar-refractivity contribution in [3.63, 3.8) is 0 Å². The summed E-state index contributed by atoms with van der Waals surface area (Å²) in [5.41, 5.74) is 8.93. The summed E-state index contributed by atoms with van der Waals surface area (Å²) >= 11 is 6.16. The van der Waals surface area contributed by atoms with Gasteiger partial charge in [0.05, 0.1) is 0 Å². The van der Waals surface area contributed by atoms with E-state index in [1.807, 2.05) is 0 Å². The fraction of sp³-hybridized carbons (Fsp3) is 0.368. The first-order valence-corrected chi connectivity index (χ1v) is 7.94. The van der Waals surface area contributed by atoms with Gasteiger partial charge in [-0.1, -0.05) is 62.7 Å². The molecule has 1 unspecified atom stereocenters. The molecular formula is C19H23ClFN. The fourth-order valence-electron chi connectivity index (χ4n) is 2.63. The Morgan fingerprint density at radius 1 is 1.09 bits per heavy atom. The monoisotopic (exact) mass is 319 g/mol. The van der Waals surface area contributed by atoms with Crippen LogP contribution in [-0.2, 0) is 11.8 Å².